The molecule has 1 aliphatic rings. The van der Waals surface area contributed by atoms with Crippen molar-refractivity contribution >= 4 is 10.0 Å². The molecule has 1 atom stereocenters. The predicted molar refractivity (Wildman–Crippen MR) is 68.0 cm³/mol. The van der Waals surface area contributed by atoms with Crippen LogP contribution < -0.4 is 4.72 Å². The summed E-state index contributed by atoms with van der Waals surface area (Å²) in [6.07, 6.45) is 5.50. The molecule has 0 fully saturated rings. The van der Waals surface area contributed by atoms with Gasteiger partial charge in [0, 0.05) is 12.0 Å². The minimum absolute atomic E-state index is 0.197. The van der Waals surface area contributed by atoms with Crippen LogP contribution in [0.25, 0.3) is 0 Å². The Morgan fingerprint density at radius 1 is 1.53 bits per heavy atom. The molecule has 2 heterocycles. The monoisotopic (exact) mass is 281 g/mol. The summed E-state index contributed by atoms with van der Waals surface area (Å²) in [7, 11) is -3.55. The van der Waals surface area contributed by atoms with Crippen LogP contribution in [0.2, 0.25) is 0 Å². The molecule has 19 heavy (non-hydrogen) atoms. The number of sulfonamides is 1. The fraction of sp³-hybridized carbons (Fsp3) is 0.417. The highest BCUT2D eigenvalue weighted by molar-refractivity contribution is 7.89. The van der Waals surface area contributed by atoms with E-state index >= 15 is 0 Å². The van der Waals surface area contributed by atoms with Gasteiger partial charge in [-0.05, 0) is 25.8 Å². The van der Waals surface area contributed by atoms with Gasteiger partial charge in [0.05, 0.1) is 24.2 Å². The summed E-state index contributed by atoms with van der Waals surface area (Å²) in [5.41, 5.74) is 1.48. The maximum atomic E-state index is 12.3. The van der Waals surface area contributed by atoms with Crippen LogP contribution in [0.5, 0.6) is 0 Å². The number of rotatable bonds is 3. The van der Waals surface area contributed by atoms with E-state index in [0.29, 0.717) is 5.69 Å². The maximum absolute atomic E-state index is 12.3. The minimum Gasteiger partial charge on any atom is -0.469 e. The van der Waals surface area contributed by atoms with Gasteiger partial charge in [-0.1, -0.05) is 0 Å². The summed E-state index contributed by atoms with van der Waals surface area (Å²) in [4.78, 5) is 0.197. The average Bonchev–Trinajstić information content (AvgIpc) is 2.97. The van der Waals surface area contributed by atoms with E-state index in [1.54, 1.807) is 13.2 Å². The Kier molecular flexibility index (Phi) is 2.94. The minimum atomic E-state index is -3.55. The van der Waals surface area contributed by atoms with Crippen LogP contribution in [0.4, 0.5) is 0 Å². The molecule has 2 N–H and O–H groups in total. The lowest BCUT2D eigenvalue weighted by atomic mass is 9.94. The Morgan fingerprint density at radius 3 is 3.11 bits per heavy atom. The zero-order chi connectivity index (χ0) is 13.5. The fourth-order valence-electron chi connectivity index (χ4n) is 2.47. The highest BCUT2D eigenvalue weighted by Crippen LogP contribution is 2.31. The lowest BCUT2D eigenvalue weighted by Gasteiger charge is -2.22. The van der Waals surface area contributed by atoms with Crippen LogP contribution in [0, 0.1) is 6.92 Å². The number of nitrogens with one attached hydrogen (secondary N) is 2. The van der Waals surface area contributed by atoms with Gasteiger partial charge in [-0.25, -0.2) is 13.1 Å². The molecular formula is C12H15N3O3S. The van der Waals surface area contributed by atoms with Crippen molar-refractivity contribution < 1.29 is 12.8 Å². The van der Waals surface area contributed by atoms with E-state index in [-0.39, 0.29) is 10.9 Å². The molecule has 2 aromatic heterocycles. The molecule has 0 saturated heterocycles. The molecule has 0 bridgehead atoms. The number of hydrogen-bond donors (Lipinski definition) is 2. The molecule has 0 aromatic carbocycles. The molecule has 1 unspecified atom stereocenters. The predicted octanol–water partition coefficient (Wildman–Crippen LogP) is 1.67. The number of furan rings is 1. The summed E-state index contributed by atoms with van der Waals surface area (Å²) in [5.74, 6) is 0.878. The number of fused-ring (bicyclic) bond motifs is 1. The van der Waals surface area contributed by atoms with E-state index in [1.165, 1.54) is 6.20 Å². The lowest BCUT2D eigenvalue weighted by Crippen LogP contribution is -2.30. The Hall–Kier alpha value is -1.60. The zero-order valence-corrected chi connectivity index (χ0v) is 11.3. The van der Waals surface area contributed by atoms with Crippen molar-refractivity contribution in [1.82, 2.24) is 14.9 Å². The molecule has 0 spiro atoms. The van der Waals surface area contributed by atoms with Gasteiger partial charge < -0.3 is 4.42 Å². The topological polar surface area (TPSA) is 88.0 Å². The van der Waals surface area contributed by atoms with Gasteiger partial charge in [-0.15, -0.1) is 0 Å². The van der Waals surface area contributed by atoms with Gasteiger partial charge in [-0.2, -0.15) is 5.10 Å². The van der Waals surface area contributed by atoms with E-state index in [0.717, 1.165) is 30.6 Å². The van der Waals surface area contributed by atoms with Crippen LogP contribution in [-0.4, -0.2) is 18.6 Å². The SMILES string of the molecule is Cc1[nH]ncc1S(=O)(=O)NC1CCCc2occc21. The fourth-order valence-corrected chi connectivity index (χ4v) is 3.86. The Labute approximate surface area is 111 Å². The molecule has 0 saturated carbocycles. The van der Waals surface area contributed by atoms with Crippen molar-refractivity contribution in [2.24, 2.45) is 0 Å². The number of aromatic nitrogens is 2. The van der Waals surface area contributed by atoms with Crippen molar-refractivity contribution in [3.63, 3.8) is 0 Å². The highest BCUT2D eigenvalue weighted by Gasteiger charge is 2.28. The first-order chi connectivity index (χ1) is 9.08. The molecule has 102 valence electrons. The highest BCUT2D eigenvalue weighted by atomic mass is 32.2. The number of aryl methyl sites for hydroxylation is 2. The Balaban J connectivity index is 1.90. The van der Waals surface area contributed by atoms with Crippen molar-refractivity contribution in [3.05, 3.63) is 35.5 Å². The lowest BCUT2D eigenvalue weighted by molar-refractivity contribution is 0.438. The number of hydrogen-bond acceptors (Lipinski definition) is 4. The second-order valence-electron chi connectivity index (χ2n) is 4.72. The van der Waals surface area contributed by atoms with Gasteiger partial charge in [-0.3, -0.25) is 5.10 Å². The summed E-state index contributed by atoms with van der Waals surface area (Å²) >= 11 is 0. The van der Waals surface area contributed by atoms with Crippen molar-refractivity contribution in [1.29, 1.82) is 0 Å². The summed E-state index contributed by atoms with van der Waals surface area (Å²) in [6, 6.07) is 1.62. The molecule has 0 aliphatic heterocycles. The van der Waals surface area contributed by atoms with Gasteiger partial charge in [0.1, 0.15) is 10.7 Å². The van der Waals surface area contributed by atoms with E-state index in [1.807, 2.05) is 6.07 Å². The van der Waals surface area contributed by atoms with Crippen LogP contribution in [0.15, 0.2) is 27.8 Å². The van der Waals surface area contributed by atoms with E-state index in [4.69, 9.17) is 4.42 Å². The molecule has 7 heteroatoms. The van der Waals surface area contributed by atoms with Crippen molar-refractivity contribution in [3.8, 4) is 0 Å². The quantitative estimate of drug-likeness (QED) is 0.895. The van der Waals surface area contributed by atoms with E-state index in [2.05, 4.69) is 14.9 Å². The molecule has 6 nitrogen and oxygen atoms in total. The van der Waals surface area contributed by atoms with Crippen molar-refractivity contribution in [2.45, 2.75) is 37.1 Å². The number of H-pyrrole nitrogens is 1. The summed E-state index contributed by atoms with van der Waals surface area (Å²) in [5, 5.41) is 6.39. The standard InChI is InChI=1S/C12H15N3O3S/c1-8-12(7-13-14-8)19(16,17)15-10-3-2-4-11-9(10)5-6-18-11/h5-7,10,15H,2-4H2,1H3,(H,13,14). The largest absolute Gasteiger partial charge is 0.469 e. The Morgan fingerprint density at radius 2 is 2.37 bits per heavy atom. The summed E-state index contributed by atoms with van der Waals surface area (Å²) < 4.78 is 32.7. The second-order valence-corrected chi connectivity index (χ2v) is 6.41. The smallest absolute Gasteiger partial charge is 0.244 e. The third-order valence-electron chi connectivity index (χ3n) is 3.42. The molecule has 2 aromatic rings. The molecule has 0 radical (unpaired) electrons. The normalized spacial score (nSPS) is 19.3. The Bertz CT molecular complexity index is 687. The van der Waals surface area contributed by atoms with Gasteiger partial charge in [0.2, 0.25) is 10.0 Å². The molecular weight excluding hydrogens is 266 g/mol. The van der Waals surface area contributed by atoms with Crippen LogP contribution in [0.3, 0.4) is 0 Å². The first kappa shape index (κ1) is 12.4. The molecule has 3 rings (SSSR count). The van der Waals surface area contributed by atoms with E-state index < -0.39 is 10.0 Å². The van der Waals surface area contributed by atoms with Gasteiger partial charge in [0.15, 0.2) is 0 Å². The number of aromatic amines is 1. The van der Waals surface area contributed by atoms with Crippen LogP contribution in [-0.2, 0) is 16.4 Å². The third kappa shape index (κ3) is 2.19. The van der Waals surface area contributed by atoms with Crippen LogP contribution in [0.1, 0.15) is 35.9 Å². The zero-order valence-electron chi connectivity index (χ0n) is 10.5. The molecule has 0 amide bonds. The molecule has 1 aliphatic carbocycles. The summed E-state index contributed by atoms with van der Waals surface area (Å²) in [6.45, 7) is 1.69. The average molecular weight is 281 g/mol. The first-order valence-electron chi connectivity index (χ1n) is 6.16. The van der Waals surface area contributed by atoms with Crippen molar-refractivity contribution in [2.75, 3.05) is 0 Å². The second kappa shape index (κ2) is 4.50. The van der Waals surface area contributed by atoms with Crippen LogP contribution >= 0.6 is 0 Å². The van der Waals surface area contributed by atoms with Gasteiger partial charge >= 0.3 is 0 Å². The van der Waals surface area contributed by atoms with E-state index in [9.17, 15) is 8.42 Å². The van der Waals surface area contributed by atoms with Gasteiger partial charge in [0.25, 0.3) is 0 Å². The first-order valence-corrected chi connectivity index (χ1v) is 7.65. The third-order valence-corrected chi connectivity index (χ3v) is 5.01. The maximum Gasteiger partial charge on any atom is 0.244 e. The number of nitrogens with zero attached hydrogens (tertiary/aromatic N) is 1.